The zero-order chi connectivity index (χ0) is 21.0. The Morgan fingerprint density at radius 1 is 1.21 bits per heavy atom. The van der Waals surface area contributed by atoms with Crippen molar-refractivity contribution in [2.24, 2.45) is 5.10 Å². The van der Waals surface area contributed by atoms with Crippen molar-refractivity contribution < 1.29 is 14.3 Å². The number of carbonyl (C=O) groups excluding carboxylic acids is 2. The molecule has 0 N–H and O–H groups in total. The topological polar surface area (TPSA) is 62.2 Å². The van der Waals surface area contributed by atoms with Gasteiger partial charge in [0, 0.05) is 30.5 Å². The van der Waals surface area contributed by atoms with Crippen molar-refractivity contribution in [3.8, 4) is 5.75 Å². The summed E-state index contributed by atoms with van der Waals surface area (Å²) in [6.07, 6.45) is 0.882. The maximum absolute atomic E-state index is 13.0. The number of halogens is 1. The van der Waals surface area contributed by atoms with E-state index in [4.69, 9.17) is 16.3 Å². The van der Waals surface area contributed by atoms with Crippen LogP contribution < -0.4 is 4.74 Å². The Labute approximate surface area is 175 Å². The van der Waals surface area contributed by atoms with Gasteiger partial charge in [0.2, 0.25) is 5.91 Å². The Hall–Kier alpha value is -2.86. The number of rotatable bonds is 6. The highest BCUT2D eigenvalue weighted by Gasteiger charge is 2.34. The molecule has 1 aliphatic rings. The van der Waals surface area contributed by atoms with Crippen LogP contribution in [0.25, 0.3) is 0 Å². The fourth-order valence-electron chi connectivity index (χ4n) is 3.32. The molecular weight excluding hydrogens is 390 g/mol. The standard InChI is InChI=1S/C22H24ClN3O3/c1-4-21(27)25(2)14-22(28)26-20(15-9-11-16(29-3)12-10-15)13-19(24-26)17-7-5-6-8-18(17)23/h5-12,20H,4,13-14H2,1-3H3. The predicted molar refractivity (Wildman–Crippen MR) is 113 cm³/mol. The number of amides is 2. The quantitative estimate of drug-likeness (QED) is 0.721. The molecule has 0 aromatic heterocycles. The zero-order valence-corrected chi connectivity index (χ0v) is 17.5. The first kappa shape index (κ1) is 20.9. The lowest BCUT2D eigenvalue weighted by Gasteiger charge is -2.25. The molecule has 3 rings (SSSR count). The molecule has 2 amide bonds. The van der Waals surface area contributed by atoms with Gasteiger partial charge in [0.25, 0.3) is 5.91 Å². The summed E-state index contributed by atoms with van der Waals surface area (Å²) in [4.78, 5) is 26.3. The molecular formula is C22H24ClN3O3. The fraction of sp³-hybridized carbons (Fsp3) is 0.318. The minimum atomic E-state index is -0.273. The number of hydrazone groups is 1. The monoisotopic (exact) mass is 413 g/mol. The SMILES string of the molecule is CCC(=O)N(C)CC(=O)N1N=C(c2ccccc2Cl)CC1c1ccc(OC)cc1. The average Bonchev–Trinajstić information content (AvgIpc) is 3.18. The van der Waals surface area contributed by atoms with E-state index in [1.165, 1.54) is 9.91 Å². The Kier molecular flexibility index (Phi) is 6.54. The summed E-state index contributed by atoms with van der Waals surface area (Å²) in [5.41, 5.74) is 2.49. The molecule has 0 radical (unpaired) electrons. The van der Waals surface area contributed by atoms with Crippen LogP contribution in [-0.2, 0) is 9.59 Å². The lowest BCUT2D eigenvalue weighted by atomic mass is 9.98. The van der Waals surface area contributed by atoms with Crippen molar-refractivity contribution in [2.45, 2.75) is 25.8 Å². The molecule has 2 aromatic rings. The average molecular weight is 414 g/mol. The molecule has 1 atom stereocenters. The summed E-state index contributed by atoms with van der Waals surface area (Å²) in [5.74, 6) is 0.413. The largest absolute Gasteiger partial charge is 0.497 e. The molecule has 1 heterocycles. The zero-order valence-electron chi connectivity index (χ0n) is 16.8. The summed E-state index contributed by atoms with van der Waals surface area (Å²) in [6, 6.07) is 14.8. The number of hydrogen-bond donors (Lipinski definition) is 0. The van der Waals surface area contributed by atoms with Gasteiger partial charge in [-0.2, -0.15) is 5.10 Å². The second-order valence-electron chi connectivity index (χ2n) is 6.86. The van der Waals surface area contributed by atoms with Crippen LogP contribution in [0.15, 0.2) is 53.6 Å². The van der Waals surface area contributed by atoms with Gasteiger partial charge in [-0.1, -0.05) is 48.9 Å². The molecule has 7 heteroatoms. The van der Waals surface area contributed by atoms with Crippen LogP contribution in [0, 0.1) is 0 Å². The van der Waals surface area contributed by atoms with E-state index in [2.05, 4.69) is 5.10 Å². The van der Waals surface area contributed by atoms with Crippen LogP contribution in [0.3, 0.4) is 0 Å². The molecule has 0 saturated heterocycles. The lowest BCUT2D eigenvalue weighted by Crippen LogP contribution is -2.38. The summed E-state index contributed by atoms with van der Waals surface area (Å²) in [7, 11) is 3.24. The first-order valence-electron chi connectivity index (χ1n) is 9.47. The maximum atomic E-state index is 13.0. The van der Waals surface area contributed by atoms with Gasteiger partial charge < -0.3 is 9.64 Å². The second kappa shape index (κ2) is 9.09. The number of methoxy groups -OCH3 is 1. The molecule has 0 spiro atoms. The normalized spacial score (nSPS) is 15.8. The van der Waals surface area contributed by atoms with E-state index in [9.17, 15) is 9.59 Å². The highest BCUT2D eigenvalue weighted by atomic mass is 35.5. The summed E-state index contributed by atoms with van der Waals surface area (Å²) < 4.78 is 5.23. The maximum Gasteiger partial charge on any atom is 0.262 e. The highest BCUT2D eigenvalue weighted by Crippen LogP contribution is 2.35. The summed E-state index contributed by atoms with van der Waals surface area (Å²) in [6.45, 7) is 1.74. The minimum Gasteiger partial charge on any atom is -0.497 e. The van der Waals surface area contributed by atoms with E-state index < -0.39 is 0 Å². The second-order valence-corrected chi connectivity index (χ2v) is 7.27. The number of benzene rings is 2. The molecule has 1 aliphatic heterocycles. The molecule has 152 valence electrons. The predicted octanol–water partition coefficient (Wildman–Crippen LogP) is 3.89. The van der Waals surface area contributed by atoms with Gasteiger partial charge in [-0.05, 0) is 23.8 Å². The number of likely N-dealkylation sites (N-methyl/N-ethyl adjacent to an activating group) is 1. The third-order valence-electron chi connectivity index (χ3n) is 4.95. The van der Waals surface area contributed by atoms with E-state index in [1.807, 2.05) is 42.5 Å². The molecule has 0 bridgehead atoms. The molecule has 29 heavy (non-hydrogen) atoms. The highest BCUT2D eigenvalue weighted by molar-refractivity contribution is 6.34. The molecule has 0 aliphatic carbocycles. The van der Waals surface area contributed by atoms with E-state index in [0.29, 0.717) is 17.9 Å². The van der Waals surface area contributed by atoms with E-state index in [0.717, 1.165) is 22.6 Å². The van der Waals surface area contributed by atoms with Crippen molar-refractivity contribution in [2.75, 3.05) is 20.7 Å². The third kappa shape index (κ3) is 4.59. The van der Waals surface area contributed by atoms with Crippen molar-refractivity contribution in [3.05, 3.63) is 64.7 Å². The fourth-order valence-corrected chi connectivity index (χ4v) is 3.56. The van der Waals surface area contributed by atoms with Gasteiger partial charge in [0.1, 0.15) is 12.3 Å². The van der Waals surface area contributed by atoms with Crippen LogP contribution in [0.2, 0.25) is 5.02 Å². The Morgan fingerprint density at radius 2 is 1.90 bits per heavy atom. The third-order valence-corrected chi connectivity index (χ3v) is 5.28. The van der Waals surface area contributed by atoms with Crippen molar-refractivity contribution in [1.82, 2.24) is 9.91 Å². The van der Waals surface area contributed by atoms with E-state index in [1.54, 1.807) is 27.1 Å². The molecule has 2 aromatic carbocycles. The van der Waals surface area contributed by atoms with Gasteiger partial charge >= 0.3 is 0 Å². The Balaban J connectivity index is 1.92. The van der Waals surface area contributed by atoms with E-state index >= 15 is 0 Å². The number of carbonyl (C=O) groups is 2. The molecule has 0 fully saturated rings. The van der Waals surface area contributed by atoms with Crippen molar-refractivity contribution >= 4 is 29.1 Å². The van der Waals surface area contributed by atoms with Crippen molar-refractivity contribution in [3.63, 3.8) is 0 Å². The molecule has 0 saturated carbocycles. The first-order chi connectivity index (χ1) is 13.9. The molecule has 1 unspecified atom stereocenters. The van der Waals surface area contributed by atoms with Gasteiger partial charge in [-0.25, -0.2) is 5.01 Å². The first-order valence-corrected chi connectivity index (χ1v) is 9.84. The van der Waals surface area contributed by atoms with Crippen LogP contribution in [0.4, 0.5) is 0 Å². The van der Waals surface area contributed by atoms with Crippen molar-refractivity contribution in [1.29, 1.82) is 0 Å². The Morgan fingerprint density at radius 3 is 2.52 bits per heavy atom. The van der Waals surface area contributed by atoms with E-state index in [-0.39, 0.29) is 24.4 Å². The summed E-state index contributed by atoms with van der Waals surface area (Å²) in [5, 5.41) is 6.67. The van der Waals surface area contributed by atoms with Crippen LogP contribution >= 0.6 is 11.6 Å². The van der Waals surface area contributed by atoms with Gasteiger partial charge in [0.15, 0.2) is 0 Å². The van der Waals surface area contributed by atoms with Crippen LogP contribution in [0.1, 0.15) is 36.9 Å². The van der Waals surface area contributed by atoms with Crippen LogP contribution in [-0.4, -0.2) is 48.1 Å². The summed E-state index contributed by atoms with van der Waals surface area (Å²) >= 11 is 6.36. The van der Waals surface area contributed by atoms with Gasteiger partial charge in [-0.3, -0.25) is 9.59 Å². The number of nitrogens with zero attached hydrogens (tertiary/aromatic N) is 3. The smallest absolute Gasteiger partial charge is 0.262 e. The Bertz CT molecular complexity index is 927. The van der Waals surface area contributed by atoms with Crippen LogP contribution in [0.5, 0.6) is 5.75 Å². The lowest BCUT2D eigenvalue weighted by molar-refractivity contribution is -0.140. The number of hydrogen-bond acceptors (Lipinski definition) is 4. The number of ether oxygens (including phenoxy) is 1. The minimum absolute atomic E-state index is 0.0291. The van der Waals surface area contributed by atoms with Gasteiger partial charge in [-0.15, -0.1) is 0 Å². The van der Waals surface area contributed by atoms with Gasteiger partial charge in [0.05, 0.1) is 18.9 Å². The molecule has 6 nitrogen and oxygen atoms in total.